The molecule has 2 aliphatic rings. The zero-order valence-electron chi connectivity index (χ0n) is 10.3. The van der Waals surface area contributed by atoms with Crippen molar-refractivity contribution in [1.82, 2.24) is 4.90 Å². The molecule has 86 valence electrons. The second-order valence-corrected chi connectivity index (χ2v) is 6.18. The van der Waals surface area contributed by atoms with Crippen LogP contribution in [0.5, 0.6) is 0 Å². The second-order valence-electron chi connectivity index (χ2n) is 6.18. The van der Waals surface area contributed by atoms with E-state index in [1.807, 2.05) is 0 Å². The van der Waals surface area contributed by atoms with Crippen LogP contribution in [-0.2, 0) is 0 Å². The Balaban J connectivity index is 1.98. The van der Waals surface area contributed by atoms with Gasteiger partial charge in [-0.25, -0.2) is 0 Å². The van der Waals surface area contributed by atoms with Gasteiger partial charge in [-0.1, -0.05) is 12.2 Å². The lowest BCUT2D eigenvalue weighted by atomic mass is 9.73. The first kappa shape index (κ1) is 11.2. The molecule has 0 aromatic heterocycles. The summed E-state index contributed by atoms with van der Waals surface area (Å²) in [5.74, 6) is 0. The standard InChI is InChI=1S/C13H24N2/c1-12(2,3)15-9-7-13(8-10-15)6-4-5-11(13)14/h4-5,11H,6-10,14H2,1-3H3/t11-/m1/s1. The van der Waals surface area contributed by atoms with Gasteiger partial charge >= 0.3 is 0 Å². The molecule has 1 atom stereocenters. The van der Waals surface area contributed by atoms with Gasteiger partial charge < -0.3 is 5.73 Å². The summed E-state index contributed by atoms with van der Waals surface area (Å²) in [6.07, 6.45) is 8.20. The summed E-state index contributed by atoms with van der Waals surface area (Å²) in [6.45, 7) is 9.32. The van der Waals surface area contributed by atoms with Crippen LogP contribution < -0.4 is 5.73 Å². The Hall–Kier alpha value is -0.340. The number of nitrogens with two attached hydrogens (primary N) is 1. The minimum Gasteiger partial charge on any atom is -0.324 e. The average Bonchev–Trinajstić information content (AvgIpc) is 2.48. The fraction of sp³-hybridized carbons (Fsp3) is 0.846. The Morgan fingerprint density at radius 2 is 1.87 bits per heavy atom. The molecular formula is C13H24N2. The zero-order valence-corrected chi connectivity index (χ0v) is 10.3. The number of allylic oxidation sites excluding steroid dienone is 1. The number of hydrogen-bond donors (Lipinski definition) is 1. The molecule has 0 aromatic carbocycles. The summed E-state index contributed by atoms with van der Waals surface area (Å²) in [4.78, 5) is 2.59. The zero-order chi connectivity index (χ0) is 11.1. The first-order valence-electron chi connectivity index (χ1n) is 6.11. The van der Waals surface area contributed by atoms with Gasteiger partial charge in [0.25, 0.3) is 0 Å². The molecule has 0 aromatic rings. The first-order valence-corrected chi connectivity index (χ1v) is 6.11. The quantitative estimate of drug-likeness (QED) is 0.618. The van der Waals surface area contributed by atoms with Gasteiger partial charge in [-0.2, -0.15) is 0 Å². The number of likely N-dealkylation sites (tertiary alicyclic amines) is 1. The predicted molar refractivity (Wildman–Crippen MR) is 64.7 cm³/mol. The normalized spacial score (nSPS) is 31.3. The summed E-state index contributed by atoms with van der Waals surface area (Å²) >= 11 is 0. The monoisotopic (exact) mass is 208 g/mol. The molecule has 1 saturated heterocycles. The third kappa shape index (κ3) is 1.98. The molecule has 1 aliphatic carbocycles. The third-order valence-corrected chi connectivity index (χ3v) is 4.28. The van der Waals surface area contributed by atoms with Crippen molar-refractivity contribution < 1.29 is 0 Å². The molecule has 2 nitrogen and oxygen atoms in total. The molecule has 1 fully saturated rings. The maximum Gasteiger partial charge on any atom is 0.0285 e. The maximum absolute atomic E-state index is 6.19. The van der Waals surface area contributed by atoms with Crippen molar-refractivity contribution in [3.8, 4) is 0 Å². The van der Waals surface area contributed by atoms with Crippen molar-refractivity contribution >= 4 is 0 Å². The molecule has 2 rings (SSSR count). The minimum absolute atomic E-state index is 0.305. The van der Waals surface area contributed by atoms with Gasteiger partial charge in [-0.05, 0) is 58.5 Å². The van der Waals surface area contributed by atoms with E-state index in [0.717, 1.165) is 0 Å². The Bertz CT molecular complexity index is 254. The Morgan fingerprint density at radius 1 is 1.27 bits per heavy atom. The van der Waals surface area contributed by atoms with Gasteiger partial charge in [-0.15, -0.1) is 0 Å². The molecule has 0 saturated carbocycles. The summed E-state index contributed by atoms with van der Waals surface area (Å²) in [6, 6.07) is 0.305. The van der Waals surface area contributed by atoms with Crippen molar-refractivity contribution in [3.63, 3.8) is 0 Å². The van der Waals surface area contributed by atoms with Gasteiger partial charge in [0.2, 0.25) is 0 Å². The fourth-order valence-electron chi connectivity index (χ4n) is 2.95. The molecule has 1 heterocycles. The van der Waals surface area contributed by atoms with Crippen LogP contribution >= 0.6 is 0 Å². The number of piperidine rings is 1. The van der Waals surface area contributed by atoms with Crippen LogP contribution in [0.15, 0.2) is 12.2 Å². The molecule has 1 spiro atoms. The molecule has 2 heteroatoms. The molecular weight excluding hydrogens is 184 g/mol. The van der Waals surface area contributed by atoms with Crippen LogP contribution in [0.2, 0.25) is 0 Å². The molecule has 1 aliphatic heterocycles. The van der Waals surface area contributed by atoms with E-state index in [4.69, 9.17) is 5.73 Å². The van der Waals surface area contributed by atoms with E-state index < -0.39 is 0 Å². The highest BCUT2D eigenvalue weighted by Gasteiger charge is 2.41. The van der Waals surface area contributed by atoms with E-state index in [1.54, 1.807) is 0 Å². The largest absolute Gasteiger partial charge is 0.324 e. The summed E-state index contributed by atoms with van der Waals surface area (Å²) in [7, 11) is 0. The summed E-state index contributed by atoms with van der Waals surface area (Å²) in [5.41, 5.74) is 6.92. The summed E-state index contributed by atoms with van der Waals surface area (Å²) < 4.78 is 0. The van der Waals surface area contributed by atoms with Crippen LogP contribution in [0.1, 0.15) is 40.0 Å². The molecule has 0 unspecified atom stereocenters. The van der Waals surface area contributed by atoms with Crippen molar-refractivity contribution in [2.24, 2.45) is 11.1 Å². The minimum atomic E-state index is 0.305. The molecule has 0 radical (unpaired) electrons. The van der Waals surface area contributed by atoms with Crippen molar-refractivity contribution in [1.29, 1.82) is 0 Å². The van der Waals surface area contributed by atoms with Crippen LogP contribution in [0.25, 0.3) is 0 Å². The van der Waals surface area contributed by atoms with Crippen LogP contribution in [-0.4, -0.2) is 29.6 Å². The maximum atomic E-state index is 6.19. The topological polar surface area (TPSA) is 29.3 Å². The highest BCUT2D eigenvalue weighted by atomic mass is 15.2. The number of rotatable bonds is 0. The predicted octanol–water partition coefficient (Wildman–Crippen LogP) is 2.15. The van der Waals surface area contributed by atoms with E-state index >= 15 is 0 Å². The summed E-state index contributed by atoms with van der Waals surface area (Å²) in [5, 5.41) is 0. The lowest BCUT2D eigenvalue weighted by Gasteiger charge is -2.46. The van der Waals surface area contributed by atoms with E-state index in [2.05, 4.69) is 37.8 Å². The Morgan fingerprint density at radius 3 is 2.27 bits per heavy atom. The highest BCUT2D eigenvalue weighted by Crippen LogP contribution is 2.43. The lowest BCUT2D eigenvalue weighted by Crippen LogP contribution is -2.52. The van der Waals surface area contributed by atoms with Gasteiger partial charge in [0.1, 0.15) is 0 Å². The molecule has 15 heavy (non-hydrogen) atoms. The lowest BCUT2D eigenvalue weighted by molar-refractivity contribution is 0.0414. The van der Waals surface area contributed by atoms with Crippen LogP contribution in [0.4, 0.5) is 0 Å². The third-order valence-electron chi connectivity index (χ3n) is 4.28. The van der Waals surface area contributed by atoms with Crippen molar-refractivity contribution in [3.05, 3.63) is 12.2 Å². The number of hydrogen-bond acceptors (Lipinski definition) is 2. The first-order chi connectivity index (χ1) is 6.94. The van der Waals surface area contributed by atoms with Gasteiger partial charge in [0.15, 0.2) is 0 Å². The smallest absolute Gasteiger partial charge is 0.0285 e. The van der Waals surface area contributed by atoms with Crippen LogP contribution in [0, 0.1) is 5.41 Å². The molecule has 2 N–H and O–H groups in total. The Labute approximate surface area is 93.5 Å². The van der Waals surface area contributed by atoms with E-state index in [9.17, 15) is 0 Å². The van der Waals surface area contributed by atoms with Crippen molar-refractivity contribution in [2.75, 3.05) is 13.1 Å². The number of nitrogens with zero attached hydrogens (tertiary/aromatic N) is 1. The Kier molecular flexibility index (Phi) is 2.68. The van der Waals surface area contributed by atoms with Gasteiger partial charge in [0.05, 0.1) is 0 Å². The van der Waals surface area contributed by atoms with Gasteiger partial charge in [-0.3, -0.25) is 4.90 Å². The fourth-order valence-corrected chi connectivity index (χ4v) is 2.95. The molecule has 0 amide bonds. The van der Waals surface area contributed by atoms with E-state index in [0.29, 0.717) is 17.0 Å². The average molecular weight is 208 g/mol. The highest BCUT2D eigenvalue weighted by molar-refractivity contribution is 5.13. The van der Waals surface area contributed by atoms with E-state index in [-0.39, 0.29) is 0 Å². The van der Waals surface area contributed by atoms with Crippen molar-refractivity contribution in [2.45, 2.75) is 51.6 Å². The van der Waals surface area contributed by atoms with E-state index in [1.165, 1.54) is 32.4 Å². The second kappa shape index (κ2) is 3.60. The molecule has 0 bridgehead atoms. The van der Waals surface area contributed by atoms with Crippen LogP contribution in [0.3, 0.4) is 0 Å². The van der Waals surface area contributed by atoms with Gasteiger partial charge in [0, 0.05) is 11.6 Å². The SMILES string of the molecule is CC(C)(C)N1CCC2(CC=C[C@H]2N)CC1.